The van der Waals surface area contributed by atoms with Gasteiger partial charge in [0.15, 0.2) is 6.61 Å². The van der Waals surface area contributed by atoms with Crippen LogP contribution in [0, 0.1) is 23.2 Å². The smallest absolute Gasteiger partial charge is 0.452 e. The van der Waals surface area contributed by atoms with Crippen molar-refractivity contribution in [3.05, 3.63) is 29.8 Å². The van der Waals surface area contributed by atoms with Crippen molar-refractivity contribution >= 4 is 11.9 Å². The van der Waals surface area contributed by atoms with Crippen LogP contribution in [0.25, 0.3) is 0 Å². The highest BCUT2D eigenvalue weighted by atomic mass is 19.4. The lowest BCUT2D eigenvalue weighted by atomic mass is 9.48. The average Bonchev–Trinajstić information content (AvgIpc) is 2.64. The first-order valence-electron chi connectivity index (χ1n) is 10.4. The molecule has 0 spiro atoms. The maximum Gasteiger partial charge on any atom is 0.573 e. The van der Waals surface area contributed by atoms with E-state index >= 15 is 0 Å². The van der Waals surface area contributed by atoms with Crippen molar-refractivity contribution in [1.82, 2.24) is 5.32 Å². The number of halogens is 3. The van der Waals surface area contributed by atoms with Gasteiger partial charge in [0.2, 0.25) is 0 Å². The number of hydrogen-bond donors (Lipinski definition) is 1. The Morgan fingerprint density at radius 1 is 1.07 bits per heavy atom. The van der Waals surface area contributed by atoms with Crippen molar-refractivity contribution in [1.29, 1.82) is 0 Å². The van der Waals surface area contributed by atoms with E-state index in [1.807, 2.05) is 6.92 Å². The Kier molecular flexibility index (Phi) is 5.45. The molecule has 0 heterocycles. The Balaban J connectivity index is 1.27. The molecule has 30 heavy (non-hydrogen) atoms. The second kappa shape index (κ2) is 7.78. The van der Waals surface area contributed by atoms with Crippen LogP contribution in [-0.4, -0.2) is 30.9 Å². The SMILES string of the molecule is C[C@H](NC(=O)COC(=O)c1ccc(OC(F)(F)F)cc1)C12CC3CC(CC(C3)C1)C2. The molecular weight excluding hydrogens is 399 g/mol. The second-order valence-electron chi connectivity index (χ2n) is 9.22. The van der Waals surface area contributed by atoms with Gasteiger partial charge in [-0.1, -0.05) is 0 Å². The third kappa shape index (κ3) is 4.57. The monoisotopic (exact) mass is 425 g/mol. The van der Waals surface area contributed by atoms with E-state index in [2.05, 4.69) is 10.1 Å². The highest BCUT2D eigenvalue weighted by molar-refractivity contribution is 5.91. The fraction of sp³-hybridized carbons (Fsp3) is 0.636. The number of amides is 1. The molecule has 4 fully saturated rings. The summed E-state index contributed by atoms with van der Waals surface area (Å²) in [6.45, 7) is 1.63. The molecule has 164 valence electrons. The van der Waals surface area contributed by atoms with Gasteiger partial charge in [-0.05, 0) is 92.9 Å². The zero-order valence-electron chi connectivity index (χ0n) is 16.8. The predicted molar refractivity (Wildman–Crippen MR) is 102 cm³/mol. The summed E-state index contributed by atoms with van der Waals surface area (Å²) < 4.78 is 45.4. The van der Waals surface area contributed by atoms with E-state index in [0.29, 0.717) is 0 Å². The van der Waals surface area contributed by atoms with E-state index in [1.54, 1.807) is 0 Å². The number of nitrogens with one attached hydrogen (secondary N) is 1. The van der Waals surface area contributed by atoms with Crippen molar-refractivity contribution in [3.8, 4) is 5.75 Å². The van der Waals surface area contributed by atoms with Gasteiger partial charge in [0.25, 0.3) is 5.91 Å². The van der Waals surface area contributed by atoms with Crippen LogP contribution >= 0.6 is 0 Å². The Morgan fingerprint density at radius 2 is 1.60 bits per heavy atom. The van der Waals surface area contributed by atoms with Crippen LogP contribution in [0.5, 0.6) is 5.75 Å². The summed E-state index contributed by atoms with van der Waals surface area (Å²) in [4.78, 5) is 24.4. The van der Waals surface area contributed by atoms with Crippen molar-refractivity contribution in [2.75, 3.05) is 6.61 Å². The van der Waals surface area contributed by atoms with Crippen molar-refractivity contribution in [3.63, 3.8) is 0 Å². The van der Waals surface area contributed by atoms with Crippen LogP contribution < -0.4 is 10.1 Å². The first-order chi connectivity index (χ1) is 14.1. The maximum absolute atomic E-state index is 12.4. The lowest BCUT2D eigenvalue weighted by molar-refractivity contribution is -0.274. The van der Waals surface area contributed by atoms with E-state index in [9.17, 15) is 22.8 Å². The fourth-order valence-electron chi connectivity index (χ4n) is 6.15. The van der Waals surface area contributed by atoms with E-state index in [1.165, 1.54) is 31.4 Å². The molecule has 4 saturated carbocycles. The molecule has 4 bridgehead atoms. The third-order valence-electron chi connectivity index (χ3n) is 7.04. The Bertz CT molecular complexity index is 770. The van der Waals surface area contributed by atoms with Crippen LogP contribution in [0.2, 0.25) is 0 Å². The fourth-order valence-corrected chi connectivity index (χ4v) is 6.15. The van der Waals surface area contributed by atoms with Gasteiger partial charge in [-0.15, -0.1) is 13.2 Å². The molecule has 1 atom stereocenters. The van der Waals surface area contributed by atoms with Gasteiger partial charge < -0.3 is 14.8 Å². The van der Waals surface area contributed by atoms with Gasteiger partial charge in [0.1, 0.15) is 5.75 Å². The van der Waals surface area contributed by atoms with Gasteiger partial charge in [-0.2, -0.15) is 0 Å². The highest BCUT2D eigenvalue weighted by Gasteiger charge is 2.53. The number of alkyl halides is 3. The van der Waals surface area contributed by atoms with Gasteiger partial charge in [-0.25, -0.2) is 4.79 Å². The van der Waals surface area contributed by atoms with Crippen molar-refractivity contribution in [2.45, 2.75) is 57.9 Å². The predicted octanol–water partition coefficient (Wildman–Crippen LogP) is 4.46. The number of ether oxygens (including phenoxy) is 2. The summed E-state index contributed by atoms with van der Waals surface area (Å²) >= 11 is 0. The Labute approximate surface area is 173 Å². The molecule has 5 rings (SSSR count). The standard InChI is InChI=1S/C22H26F3NO4/c1-13(21-9-14-6-15(10-21)8-16(7-14)11-21)26-19(27)12-29-20(28)17-2-4-18(5-3-17)30-22(23,24)25/h2-5,13-16H,6-12H2,1H3,(H,26,27)/t13-,14?,15?,16?,21?/m0/s1. The third-order valence-corrected chi connectivity index (χ3v) is 7.04. The highest BCUT2D eigenvalue weighted by Crippen LogP contribution is 2.61. The summed E-state index contributed by atoms with van der Waals surface area (Å²) in [5.41, 5.74) is 0.203. The zero-order valence-corrected chi connectivity index (χ0v) is 16.8. The maximum atomic E-state index is 12.4. The summed E-state index contributed by atoms with van der Waals surface area (Å²) in [5, 5.41) is 3.02. The summed E-state index contributed by atoms with van der Waals surface area (Å²) in [6.07, 6.45) is 2.65. The molecule has 0 radical (unpaired) electrons. The number of carbonyl (C=O) groups is 2. The van der Waals surface area contributed by atoms with Crippen LogP contribution in [-0.2, 0) is 9.53 Å². The minimum absolute atomic E-state index is 0.0240. The van der Waals surface area contributed by atoms with Gasteiger partial charge in [0.05, 0.1) is 5.56 Å². The topological polar surface area (TPSA) is 64.6 Å². The van der Waals surface area contributed by atoms with E-state index < -0.39 is 24.7 Å². The average molecular weight is 425 g/mol. The molecule has 4 aliphatic rings. The number of esters is 1. The number of rotatable bonds is 6. The molecule has 0 unspecified atom stereocenters. The zero-order chi connectivity index (χ0) is 21.5. The number of carbonyl (C=O) groups excluding carboxylic acids is 2. The van der Waals surface area contributed by atoms with Gasteiger partial charge in [-0.3, -0.25) is 4.79 Å². The molecule has 1 aromatic carbocycles. The first-order valence-corrected chi connectivity index (χ1v) is 10.4. The molecule has 5 nitrogen and oxygen atoms in total. The largest absolute Gasteiger partial charge is 0.573 e. The summed E-state index contributed by atoms with van der Waals surface area (Å²) in [5.74, 6) is 0.768. The first kappa shape index (κ1) is 21.0. The summed E-state index contributed by atoms with van der Waals surface area (Å²) in [6, 6.07) is 4.41. The van der Waals surface area contributed by atoms with E-state index in [0.717, 1.165) is 49.1 Å². The molecule has 1 amide bonds. The lowest BCUT2D eigenvalue weighted by Crippen LogP contribution is -2.56. The minimum atomic E-state index is -4.80. The minimum Gasteiger partial charge on any atom is -0.452 e. The molecule has 8 heteroatoms. The summed E-state index contributed by atoms with van der Waals surface area (Å²) in [7, 11) is 0. The molecule has 4 aliphatic carbocycles. The van der Waals surface area contributed by atoms with Crippen molar-refractivity contribution in [2.24, 2.45) is 23.2 Å². The Morgan fingerprint density at radius 3 is 2.10 bits per heavy atom. The van der Waals surface area contributed by atoms with E-state index in [4.69, 9.17) is 4.74 Å². The molecular formula is C22H26F3NO4. The van der Waals surface area contributed by atoms with Crippen LogP contribution in [0.3, 0.4) is 0 Å². The van der Waals surface area contributed by atoms with Crippen LogP contribution in [0.4, 0.5) is 13.2 Å². The molecule has 0 aromatic heterocycles. The molecule has 1 N–H and O–H groups in total. The normalized spacial score (nSPS) is 30.6. The second-order valence-corrected chi connectivity index (χ2v) is 9.22. The van der Waals surface area contributed by atoms with Gasteiger partial charge >= 0.3 is 12.3 Å². The van der Waals surface area contributed by atoms with Crippen LogP contribution in [0.1, 0.15) is 55.8 Å². The molecule has 0 aliphatic heterocycles. The molecule has 1 aromatic rings. The van der Waals surface area contributed by atoms with Crippen LogP contribution in [0.15, 0.2) is 24.3 Å². The molecule has 0 saturated heterocycles. The lowest BCUT2D eigenvalue weighted by Gasteiger charge is -2.59. The van der Waals surface area contributed by atoms with Crippen molar-refractivity contribution < 1.29 is 32.2 Å². The number of benzene rings is 1. The Hall–Kier alpha value is -2.25. The number of hydrogen-bond acceptors (Lipinski definition) is 4. The van der Waals surface area contributed by atoms with E-state index in [-0.39, 0.29) is 22.9 Å². The van der Waals surface area contributed by atoms with Gasteiger partial charge in [0, 0.05) is 6.04 Å². The quantitative estimate of drug-likeness (QED) is 0.684.